The van der Waals surface area contributed by atoms with Crippen LogP contribution in [0.4, 0.5) is 4.39 Å². The van der Waals surface area contributed by atoms with Gasteiger partial charge in [-0.2, -0.15) is 0 Å². The molecule has 0 saturated carbocycles. The van der Waals surface area contributed by atoms with Gasteiger partial charge in [0.1, 0.15) is 5.82 Å². The number of halogens is 3. The quantitative estimate of drug-likeness (QED) is 0.873. The fraction of sp³-hybridized carbons (Fsp3) is 0.235. The minimum atomic E-state index is -0.644. The molecule has 0 radical (unpaired) electrons. The first kappa shape index (κ1) is 17.7. The van der Waals surface area contributed by atoms with Gasteiger partial charge in [-0.3, -0.25) is 4.79 Å². The van der Waals surface area contributed by atoms with Crippen LogP contribution in [0, 0.1) is 5.82 Å². The molecule has 0 aliphatic heterocycles. The van der Waals surface area contributed by atoms with Crippen LogP contribution in [0.25, 0.3) is 0 Å². The van der Waals surface area contributed by atoms with Gasteiger partial charge in [0.15, 0.2) is 0 Å². The highest BCUT2D eigenvalue weighted by Crippen LogP contribution is 2.25. The van der Waals surface area contributed by atoms with Crippen molar-refractivity contribution in [3.8, 4) is 0 Å². The van der Waals surface area contributed by atoms with Gasteiger partial charge in [-0.25, -0.2) is 4.39 Å². The number of nitrogens with one attached hydrogen (secondary N) is 1. The zero-order valence-corrected chi connectivity index (χ0v) is 14.3. The van der Waals surface area contributed by atoms with Gasteiger partial charge in [-0.05, 0) is 43.9 Å². The van der Waals surface area contributed by atoms with E-state index >= 15 is 0 Å². The van der Waals surface area contributed by atoms with Crippen molar-refractivity contribution in [3.05, 3.63) is 69.5 Å². The first-order valence-electron chi connectivity index (χ1n) is 7.04. The Morgan fingerprint density at radius 3 is 2.52 bits per heavy atom. The lowest BCUT2D eigenvalue weighted by Crippen LogP contribution is -2.35. The molecule has 6 heteroatoms. The van der Waals surface area contributed by atoms with E-state index in [1.165, 1.54) is 12.1 Å². The second-order valence-electron chi connectivity index (χ2n) is 5.34. The van der Waals surface area contributed by atoms with E-state index in [0.29, 0.717) is 11.6 Å². The van der Waals surface area contributed by atoms with E-state index in [0.717, 1.165) is 11.6 Å². The molecule has 1 N–H and O–H groups in total. The van der Waals surface area contributed by atoms with Crippen molar-refractivity contribution in [2.45, 2.75) is 6.04 Å². The Morgan fingerprint density at radius 2 is 1.91 bits per heavy atom. The molecule has 0 aliphatic carbocycles. The largest absolute Gasteiger partial charge is 0.350 e. The van der Waals surface area contributed by atoms with E-state index in [2.05, 4.69) is 5.32 Å². The molecule has 0 aromatic heterocycles. The molecule has 1 atom stereocenters. The van der Waals surface area contributed by atoms with Gasteiger partial charge in [0, 0.05) is 16.6 Å². The minimum absolute atomic E-state index is 0.0361. The summed E-state index contributed by atoms with van der Waals surface area (Å²) in [5, 5.41) is 3.62. The third kappa shape index (κ3) is 4.44. The van der Waals surface area contributed by atoms with Crippen LogP contribution in [0.1, 0.15) is 22.0 Å². The maximum Gasteiger partial charge on any atom is 0.254 e. The maximum absolute atomic E-state index is 13.8. The summed E-state index contributed by atoms with van der Waals surface area (Å²) in [6, 6.07) is 11.3. The molecule has 0 spiro atoms. The number of hydrogen-bond donors (Lipinski definition) is 1. The number of rotatable bonds is 5. The predicted molar refractivity (Wildman–Crippen MR) is 91.6 cm³/mol. The second kappa shape index (κ2) is 7.77. The van der Waals surface area contributed by atoms with Crippen LogP contribution in [-0.2, 0) is 0 Å². The van der Waals surface area contributed by atoms with Gasteiger partial charge >= 0.3 is 0 Å². The van der Waals surface area contributed by atoms with Gasteiger partial charge in [0.2, 0.25) is 0 Å². The normalized spacial score (nSPS) is 12.3. The third-order valence-corrected chi connectivity index (χ3v) is 4.10. The molecular formula is C17H17Cl2FN2O. The molecule has 1 unspecified atom stereocenters. The lowest BCUT2D eigenvalue weighted by molar-refractivity contribution is 0.0938. The maximum atomic E-state index is 13.8. The van der Waals surface area contributed by atoms with Crippen LogP contribution < -0.4 is 5.32 Å². The lowest BCUT2D eigenvalue weighted by atomic mass is 10.1. The highest BCUT2D eigenvalue weighted by Gasteiger charge is 2.19. The summed E-state index contributed by atoms with van der Waals surface area (Å²) in [4.78, 5) is 14.1. The Hall–Kier alpha value is -1.62. The van der Waals surface area contributed by atoms with E-state index < -0.39 is 11.7 Å². The second-order valence-corrected chi connectivity index (χ2v) is 6.18. The standard InChI is InChI=1S/C17H17Cl2FN2O/c1-22(2)16(12-5-3-4-6-14(12)19)10-21-17(23)13-8-7-11(18)9-15(13)20/h3-9,16H,10H2,1-2H3,(H,21,23). The molecule has 0 aliphatic rings. The van der Waals surface area contributed by atoms with E-state index in [9.17, 15) is 9.18 Å². The molecule has 3 nitrogen and oxygen atoms in total. The van der Waals surface area contributed by atoms with Crippen LogP contribution in [0.5, 0.6) is 0 Å². The fourth-order valence-corrected chi connectivity index (χ4v) is 2.69. The van der Waals surface area contributed by atoms with Gasteiger partial charge in [0.25, 0.3) is 5.91 Å². The summed E-state index contributed by atoms with van der Waals surface area (Å²) in [6.07, 6.45) is 0. The molecule has 1 amide bonds. The minimum Gasteiger partial charge on any atom is -0.350 e. The number of benzene rings is 2. The summed E-state index contributed by atoms with van der Waals surface area (Å²) in [5.41, 5.74) is 0.863. The molecule has 2 aromatic carbocycles. The highest BCUT2D eigenvalue weighted by molar-refractivity contribution is 6.31. The lowest BCUT2D eigenvalue weighted by Gasteiger charge is -2.26. The summed E-state index contributed by atoms with van der Waals surface area (Å²) >= 11 is 11.9. The van der Waals surface area contributed by atoms with Crippen LogP contribution in [0.3, 0.4) is 0 Å². The van der Waals surface area contributed by atoms with E-state index in [1.54, 1.807) is 6.07 Å². The Bertz CT molecular complexity index is 707. The van der Waals surface area contributed by atoms with E-state index in [1.807, 2.05) is 37.2 Å². The van der Waals surface area contributed by atoms with Crippen LogP contribution in [0.2, 0.25) is 10.0 Å². The Labute approximate surface area is 145 Å². The first-order chi connectivity index (χ1) is 10.9. The van der Waals surface area contributed by atoms with Gasteiger partial charge in [0.05, 0.1) is 11.6 Å². The molecule has 0 fully saturated rings. The van der Waals surface area contributed by atoms with Gasteiger partial charge in [-0.15, -0.1) is 0 Å². The van der Waals surface area contributed by atoms with Crippen molar-refractivity contribution >= 4 is 29.1 Å². The Morgan fingerprint density at radius 1 is 1.22 bits per heavy atom. The molecule has 2 rings (SSSR count). The van der Waals surface area contributed by atoms with Gasteiger partial charge in [-0.1, -0.05) is 41.4 Å². The summed E-state index contributed by atoms with van der Waals surface area (Å²) in [7, 11) is 3.78. The molecular weight excluding hydrogens is 338 g/mol. The predicted octanol–water partition coefficient (Wildman–Crippen LogP) is 4.17. The van der Waals surface area contributed by atoms with Crippen molar-refractivity contribution in [2.75, 3.05) is 20.6 Å². The average molecular weight is 355 g/mol. The van der Waals surface area contributed by atoms with E-state index in [-0.39, 0.29) is 16.6 Å². The molecule has 23 heavy (non-hydrogen) atoms. The zero-order valence-electron chi connectivity index (χ0n) is 12.8. The summed E-state index contributed by atoms with van der Waals surface area (Å²) in [5.74, 6) is -1.13. The zero-order chi connectivity index (χ0) is 17.0. The fourth-order valence-electron chi connectivity index (χ4n) is 2.27. The third-order valence-electron chi connectivity index (χ3n) is 3.52. The number of carbonyl (C=O) groups is 1. The van der Waals surface area contributed by atoms with Crippen LogP contribution >= 0.6 is 23.2 Å². The van der Waals surface area contributed by atoms with Crippen molar-refractivity contribution in [1.82, 2.24) is 10.2 Å². The van der Waals surface area contributed by atoms with Crippen molar-refractivity contribution in [2.24, 2.45) is 0 Å². The van der Waals surface area contributed by atoms with Crippen molar-refractivity contribution < 1.29 is 9.18 Å². The summed E-state index contributed by atoms with van der Waals surface area (Å²) in [6.45, 7) is 0.303. The van der Waals surface area contributed by atoms with Crippen molar-refractivity contribution in [1.29, 1.82) is 0 Å². The monoisotopic (exact) mass is 354 g/mol. The highest BCUT2D eigenvalue weighted by atomic mass is 35.5. The Kier molecular flexibility index (Phi) is 5.99. The van der Waals surface area contributed by atoms with Gasteiger partial charge < -0.3 is 10.2 Å². The average Bonchev–Trinajstić information content (AvgIpc) is 2.48. The van der Waals surface area contributed by atoms with Crippen LogP contribution in [0.15, 0.2) is 42.5 Å². The SMILES string of the molecule is CN(C)C(CNC(=O)c1ccc(Cl)cc1F)c1ccccc1Cl. The number of amides is 1. The van der Waals surface area contributed by atoms with E-state index in [4.69, 9.17) is 23.2 Å². The molecule has 2 aromatic rings. The smallest absolute Gasteiger partial charge is 0.254 e. The van der Waals surface area contributed by atoms with Crippen molar-refractivity contribution in [3.63, 3.8) is 0 Å². The number of carbonyl (C=O) groups excluding carboxylic acids is 1. The number of nitrogens with zero attached hydrogens (tertiary/aromatic N) is 1. The topological polar surface area (TPSA) is 32.3 Å². The van der Waals surface area contributed by atoms with Crippen LogP contribution in [-0.4, -0.2) is 31.4 Å². The molecule has 0 bridgehead atoms. The number of likely N-dealkylation sites (N-methyl/N-ethyl adjacent to an activating group) is 1. The molecule has 0 heterocycles. The summed E-state index contributed by atoms with van der Waals surface area (Å²) < 4.78 is 13.8. The first-order valence-corrected chi connectivity index (χ1v) is 7.80. The Balaban J connectivity index is 2.13. The molecule has 122 valence electrons. The molecule has 0 saturated heterocycles. The number of hydrogen-bond acceptors (Lipinski definition) is 2.